The monoisotopic (exact) mass is 466 g/mol. The summed E-state index contributed by atoms with van der Waals surface area (Å²) in [4.78, 5) is 48.6. The van der Waals surface area contributed by atoms with Gasteiger partial charge in [0, 0.05) is 41.2 Å². The Balaban J connectivity index is 1.52. The number of hydrogen-bond donors (Lipinski definition) is 2. The van der Waals surface area contributed by atoms with Gasteiger partial charge in [0.1, 0.15) is 0 Å². The number of nitro groups is 1. The van der Waals surface area contributed by atoms with Crippen molar-refractivity contribution in [1.82, 2.24) is 4.90 Å². The van der Waals surface area contributed by atoms with Gasteiger partial charge >= 0.3 is 0 Å². The molecule has 2 aliphatic heterocycles. The first-order valence-corrected chi connectivity index (χ1v) is 10.7. The summed E-state index contributed by atoms with van der Waals surface area (Å²) in [6, 6.07) is 20.6. The zero-order valence-corrected chi connectivity index (χ0v) is 18.2. The van der Waals surface area contributed by atoms with E-state index in [1.165, 1.54) is 30.4 Å². The standard InChI is InChI=1S/C26H18N4O5/c31-22-12-13-23(32)29(22)15-16-6-8-18(9-7-16)27-25(17-4-2-1-3-5-17)24-20-14-19(30(34)35)10-11-21(20)28-26(24)33/h1-14,27H,15H2,(H,28,33)/b25-24-. The van der Waals surface area contributed by atoms with Crippen LogP contribution in [-0.2, 0) is 20.9 Å². The van der Waals surface area contributed by atoms with Crippen molar-refractivity contribution < 1.29 is 19.3 Å². The SMILES string of the molecule is O=C1Nc2ccc([N+](=O)[O-])cc2/C1=C(/Nc1ccc(CN2C(=O)C=CC2=O)cc1)c1ccccc1. The molecule has 3 aromatic rings. The summed E-state index contributed by atoms with van der Waals surface area (Å²) in [5.74, 6) is -1.08. The van der Waals surface area contributed by atoms with Crippen LogP contribution in [0.25, 0.3) is 11.3 Å². The average molecular weight is 466 g/mol. The number of nitro benzene ring substituents is 1. The molecule has 0 aliphatic carbocycles. The lowest BCUT2D eigenvalue weighted by Crippen LogP contribution is -2.29. The molecule has 9 heteroatoms. The number of amides is 3. The van der Waals surface area contributed by atoms with Crippen LogP contribution < -0.4 is 10.6 Å². The number of non-ortho nitro benzene ring substituents is 1. The highest BCUT2D eigenvalue weighted by Gasteiger charge is 2.30. The van der Waals surface area contributed by atoms with Gasteiger partial charge in [0.15, 0.2) is 0 Å². The third-order valence-corrected chi connectivity index (χ3v) is 5.74. The molecule has 9 nitrogen and oxygen atoms in total. The summed E-state index contributed by atoms with van der Waals surface area (Å²) in [7, 11) is 0. The van der Waals surface area contributed by atoms with E-state index in [1.54, 1.807) is 24.3 Å². The van der Waals surface area contributed by atoms with Crippen molar-refractivity contribution in [3.05, 3.63) is 112 Å². The maximum absolute atomic E-state index is 13.0. The Kier molecular flexibility index (Phi) is 5.42. The third kappa shape index (κ3) is 4.18. The van der Waals surface area contributed by atoms with Crippen LogP contribution in [0.3, 0.4) is 0 Å². The molecular formula is C26H18N4O5. The molecule has 0 fully saturated rings. The van der Waals surface area contributed by atoms with Gasteiger partial charge in [0.25, 0.3) is 23.4 Å². The molecule has 2 aliphatic rings. The summed E-state index contributed by atoms with van der Waals surface area (Å²) >= 11 is 0. The first-order chi connectivity index (χ1) is 16.9. The molecule has 0 aromatic heterocycles. The number of hydrogen-bond acceptors (Lipinski definition) is 6. The van der Waals surface area contributed by atoms with E-state index in [0.717, 1.165) is 16.0 Å². The van der Waals surface area contributed by atoms with Crippen LogP contribution in [-0.4, -0.2) is 27.5 Å². The van der Waals surface area contributed by atoms with Gasteiger partial charge < -0.3 is 10.6 Å². The van der Waals surface area contributed by atoms with Crippen LogP contribution in [0.15, 0.2) is 84.9 Å². The van der Waals surface area contributed by atoms with Gasteiger partial charge in [0.2, 0.25) is 0 Å². The van der Waals surface area contributed by atoms with Gasteiger partial charge in [-0.15, -0.1) is 0 Å². The maximum atomic E-state index is 13.0. The van der Waals surface area contributed by atoms with Crippen molar-refractivity contribution in [2.24, 2.45) is 0 Å². The van der Waals surface area contributed by atoms with E-state index in [4.69, 9.17) is 0 Å². The highest BCUT2D eigenvalue weighted by Crippen LogP contribution is 2.39. The summed E-state index contributed by atoms with van der Waals surface area (Å²) in [5, 5.41) is 17.4. The Morgan fingerprint density at radius 2 is 1.60 bits per heavy atom. The van der Waals surface area contributed by atoms with Gasteiger partial charge in [-0.05, 0) is 29.3 Å². The molecule has 35 heavy (non-hydrogen) atoms. The summed E-state index contributed by atoms with van der Waals surface area (Å²) in [6.07, 6.45) is 2.48. The fraction of sp³-hybridized carbons (Fsp3) is 0.0385. The second-order valence-corrected chi connectivity index (χ2v) is 7.98. The van der Waals surface area contributed by atoms with Crippen molar-refractivity contribution in [3.8, 4) is 0 Å². The van der Waals surface area contributed by atoms with Crippen LogP contribution in [0.4, 0.5) is 17.1 Å². The van der Waals surface area contributed by atoms with Crippen molar-refractivity contribution in [3.63, 3.8) is 0 Å². The Hall–Kier alpha value is -5.05. The van der Waals surface area contributed by atoms with E-state index in [2.05, 4.69) is 10.6 Å². The van der Waals surface area contributed by atoms with Crippen molar-refractivity contribution in [2.45, 2.75) is 6.54 Å². The molecule has 0 saturated carbocycles. The minimum atomic E-state index is -0.500. The molecule has 5 rings (SSSR count). The lowest BCUT2D eigenvalue weighted by atomic mass is 9.99. The average Bonchev–Trinajstić information content (AvgIpc) is 3.36. The summed E-state index contributed by atoms with van der Waals surface area (Å²) in [5.41, 5.74) is 3.73. The minimum Gasteiger partial charge on any atom is -0.354 e. The number of carbonyl (C=O) groups excluding carboxylic acids is 3. The first kappa shape index (κ1) is 21.8. The van der Waals surface area contributed by atoms with E-state index < -0.39 is 4.92 Å². The smallest absolute Gasteiger partial charge is 0.270 e. The predicted octanol–water partition coefficient (Wildman–Crippen LogP) is 3.95. The molecule has 0 radical (unpaired) electrons. The number of rotatable bonds is 6. The van der Waals surface area contributed by atoms with E-state index in [9.17, 15) is 24.5 Å². The maximum Gasteiger partial charge on any atom is 0.270 e. The number of nitrogens with zero attached hydrogens (tertiary/aromatic N) is 2. The summed E-state index contributed by atoms with van der Waals surface area (Å²) < 4.78 is 0. The molecule has 2 heterocycles. The third-order valence-electron chi connectivity index (χ3n) is 5.74. The predicted molar refractivity (Wildman–Crippen MR) is 130 cm³/mol. The molecule has 0 unspecified atom stereocenters. The number of benzene rings is 3. The van der Waals surface area contributed by atoms with E-state index in [-0.39, 0.29) is 30.0 Å². The molecule has 172 valence electrons. The number of carbonyl (C=O) groups is 3. The van der Waals surface area contributed by atoms with Crippen LogP contribution >= 0.6 is 0 Å². The highest BCUT2D eigenvalue weighted by atomic mass is 16.6. The minimum absolute atomic E-state index is 0.116. The molecule has 3 amide bonds. The van der Waals surface area contributed by atoms with Crippen LogP contribution in [0, 0.1) is 10.1 Å². The molecular weight excluding hydrogens is 448 g/mol. The molecule has 0 saturated heterocycles. The highest BCUT2D eigenvalue weighted by molar-refractivity contribution is 6.37. The quantitative estimate of drug-likeness (QED) is 0.246. The molecule has 0 spiro atoms. The first-order valence-electron chi connectivity index (χ1n) is 10.7. The fourth-order valence-corrected chi connectivity index (χ4v) is 4.01. The molecule has 3 aromatic carbocycles. The van der Waals surface area contributed by atoms with Crippen LogP contribution in [0.2, 0.25) is 0 Å². The topological polar surface area (TPSA) is 122 Å². The van der Waals surface area contributed by atoms with Crippen molar-refractivity contribution in [1.29, 1.82) is 0 Å². The second-order valence-electron chi connectivity index (χ2n) is 7.98. The fourth-order valence-electron chi connectivity index (χ4n) is 4.01. The molecule has 0 bridgehead atoms. The molecule has 2 N–H and O–H groups in total. The van der Waals surface area contributed by atoms with Gasteiger partial charge in [-0.3, -0.25) is 29.4 Å². The van der Waals surface area contributed by atoms with Gasteiger partial charge in [-0.25, -0.2) is 0 Å². The zero-order valence-electron chi connectivity index (χ0n) is 18.2. The Morgan fingerprint density at radius 3 is 2.26 bits per heavy atom. The van der Waals surface area contributed by atoms with Crippen LogP contribution in [0.5, 0.6) is 0 Å². The van der Waals surface area contributed by atoms with Gasteiger partial charge in [-0.1, -0.05) is 42.5 Å². The Labute approximate surface area is 199 Å². The van der Waals surface area contributed by atoms with Crippen molar-refractivity contribution in [2.75, 3.05) is 10.6 Å². The number of fused-ring (bicyclic) bond motifs is 1. The van der Waals surface area contributed by atoms with Crippen LogP contribution in [0.1, 0.15) is 16.7 Å². The van der Waals surface area contributed by atoms with Gasteiger partial charge in [0.05, 0.1) is 22.7 Å². The molecule has 0 atom stereocenters. The van der Waals surface area contributed by atoms with E-state index in [0.29, 0.717) is 28.2 Å². The number of nitrogens with one attached hydrogen (secondary N) is 2. The lowest BCUT2D eigenvalue weighted by molar-refractivity contribution is -0.384. The van der Waals surface area contributed by atoms with Crippen molar-refractivity contribution >= 4 is 46.1 Å². The second kappa shape index (κ2) is 8.71. The Morgan fingerprint density at radius 1 is 0.914 bits per heavy atom. The van der Waals surface area contributed by atoms with Gasteiger partial charge in [-0.2, -0.15) is 0 Å². The van der Waals surface area contributed by atoms with E-state index >= 15 is 0 Å². The zero-order chi connectivity index (χ0) is 24.5. The largest absolute Gasteiger partial charge is 0.354 e. The Bertz CT molecular complexity index is 1420. The number of imide groups is 1. The van der Waals surface area contributed by atoms with E-state index in [1.807, 2.05) is 30.3 Å². The normalized spacial score (nSPS) is 15.8. The number of anilines is 2. The summed E-state index contributed by atoms with van der Waals surface area (Å²) in [6.45, 7) is 0.150. The lowest BCUT2D eigenvalue weighted by Gasteiger charge is -2.16.